The summed E-state index contributed by atoms with van der Waals surface area (Å²) in [7, 11) is 0. The van der Waals surface area contributed by atoms with Crippen LogP contribution in [0.25, 0.3) is 15.7 Å². The standard InChI is InChI=1S/C10H6N2O/c11-12-10-8-4-2-1-3-7(8)5-6-9(10)13/h1-6H. The van der Waals surface area contributed by atoms with Gasteiger partial charge in [-0.1, -0.05) is 30.3 Å². The van der Waals surface area contributed by atoms with E-state index in [4.69, 9.17) is 5.39 Å². The molecule has 2 aromatic rings. The van der Waals surface area contributed by atoms with Crippen LogP contribution < -0.4 is 5.11 Å². The van der Waals surface area contributed by atoms with Crippen molar-refractivity contribution in [1.82, 2.24) is 0 Å². The summed E-state index contributed by atoms with van der Waals surface area (Å²) in [6.45, 7) is 0. The van der Waals surface area contributed by atoms with Crippen molar-refractivity contribution in [3.05, 3.63) is 41.4 Å². The topological polar surface area (TPSA) is 51.2 Å². The van der Waals surface area contributed by atoms with Gasteiger partial charge in [0.15, 0.2) is 4.98 Å². The maximum atomic E-state index is 11.2. The van der Waals surface area contributed by atoms with Crippen LogP contribution in [0.3, 0.4) is 0 Å². The smallest absolute Gasteiger partial charge is 0.385 e. The quantitative estimate of drug-likeness (QED) is 0.570. The van der Waals surface area contributed by atoms with Crippen molar-refractivity contribution >= 4 is 16.5 Å². The van der Waals surface area contributed by atoms with Gasteiger partial charge in [-0.2, -0.15) is 0 Å². The first-order valence-electron chi connectivity index (χ1n) is 3.87. The van der Waals surface area contributed by atoms with Gasteiger partial charge >= 0.3 is 5.69 Å². The summed E-state index contributed by atoms with van der Waals surface area (Å²) in [6.07, 6.45) is 0. The Labute approximate surface area is 74.9 Å². The summed E-state index contributed by atoms with van der Waals surface area (Å²) in [6, 6.07) is 10.4. The minimum atomic E-state index is -0.263. The lowest BCUT2D eigenvalue weighted by molar-refractivity contribution is -0.266. The Balaban J connectivity index is 2.94. The highest BCUT2D eigenvalue weighted by Gasteiger charge is 2.11. The zero-order valence-electron chi connectivity index (χ0n) is 6.77. The van der Waals surface area contributed by atoms with E-state index in [0.29, 0.717) is 5.39 Å². The minimum Gasteiger partial charge on any atom is -0.867 e. The fourth-order valence-corrected chi connectivity index (χ4v) is 1.34. The molecule has 0 heterocycles. The molecule has 0 N–H and O–H groups in total. The molecule has 0 radical (unpaired) electrons. The maximum Gasteiger partial charge on any atom is 0.385 e. The molecule has 0 saturated heterocycles. The molecule has 0 aromatic heterocycles. The second-order valence-corrected chi connectivity index (χ2v) is 2.73. The molecule has 2 rings (SSSR count). The van der Waals surface area contributed by atoms with Crippen LogP contribution in [-0.2, 0) is 0 Å². The van der Waals surface area contributed by atoms with Crippen LogP contribution in [0.5, 0.6) is 5.75 Å². The number of fused-ring (bicyclic) bond motifs is 1. The van der Waals surface area contributed by atoms with Crippen molar-refractivity contribution < 1.29 is 5.11 Å². The van der Waals surface area contributed by atoms with E-state index in [2.05, 4.69) is 4.98 Å². The number of diazo groups is 1. The summed E-state index contributed by atoms with van der Waals surface area (Å²) >= 11 is 0. The lowest BCUT2D eigenvalue weighted by Gasteiger charge is -2.01. The fourth-order valence-electron chi connectivity index (χ4n) is 1.34. The van der Waals surface area contributed by atoms with Crippen molar-refractivity contribution in [3.63, 3.8) is 0 Å². The molecule has 0 spiro atoms. The SMILES string of the molecule is N#[N+]c1c([O-])ccc2ccccc12. The third-order valence-corrected chi connectivity index (χ3v) is 1.96. The van der Waals surface area contributed by atoms with Gasteiger partial charge in [0.05, 0.1) is 5.39 Å². The Morgan fingerprint density at radius 2 is 1.85 bits per heavy atom. The zero-order chi connectivity index (χ0) is 9.26. The number of hydrogen-bond acceptors (Lipinski definition) is 2. The molecule has 3 heteroatoms. The van der Waals surface area contributed by atoms with E-state index in [9.17, 15) is 5.11 Å². The molecule has 0 fully saturated rings. The summed E-state index contributed by atoms with van der Waals surface area (Å²) in [5.41, 5.74) is 0.109. The number of nitrogens with zero attached hydrogens (tertiary/aromatic N) is 2. The molecule has 0 saturated carbocycles. The van der Waals surface area contributed by atoms with Crippen LogP contribution >= 0.6 is 0 Å². The van der Waals surface area contributed by atoms with Gasteiger partial charge in [-0.15, -0.1) is 0 Å². The fraction of sp³-hybridized carbons (Fsp3) is 0. The van der Waals surface area contributed by atoms with Crippen LogP contribution in [0, 0.1) is 5.39 Å². The summed E-state index contributed by atoms with van der Waals surface area (Å²) < 4.78 is 0. The number of benzene rings is 2. The Hall–Kier alpha value is -2.08. The first kappa shape index (κ1) is 7.56. The van der Waals surface area contributed by atoms with E-state index in [0.717, 1.165) is 5.39 Å². The molecular formula is C10H6N2O. The monoisotopic (exact) mass is 170 g/mol. The largest absolute Gasteiger partial charge is 0.867 e. The van der Waals surface area contributed by atoms with Gasteiger partial charge in [-0.25, -0.2) is 0 Å². The molecule has 3 nitrogen and oxygen atoms in total. The van der Waals surface area contributed by atoms with Crippen LogP contribution in [0.4, 0.5) is 5.69 Å². The molecule has 0 amide bonds. The van der Waals surface area contributed by atoms with Crippen molar-refractivity contribution in [2.24, 2.45) is 0 Å². The van der Waals surface area contributed by atoms with Crippen molar-refractivity contribution in [2.45, 2.75) is 0 Å². The van der Waals surface area contributed by atoms with Gasteiger partial charge < -0.3 is 5.11 Å². The molecule has 0 bridgehead atoms. The summed E-state index contributed by atoms with van der Waals surface area (Å²) in [5, 5.41) is 21.4. The third-order valence-electron chi connectivity index (χ3n) is 1.96. The van der Waals surface area contributed by atoms with E-state index >= 15 is 0 Å². The predicted octanol–water partition coefficient (Wildman–Crippen LogP) is 2.40. The van der Waals surface area contributed by atoms with E-state index in [1.165, 1.54) is 6.07 Å². The van der Waals surface area contributed by atoms with Crippen molar-refractivity contribution in [1.29, 1.82) is 5.39 Å². The molecule has 0 aliphatic heterocycles. The Morgan fingerprint density at radius 3 is 2.62 bits per heavy atom. The first-order valence-corrected chi connectivity index (χ1v) is 3.87. The van der Waals surface area contributed by atoms with Gasteiger partial charge in [-0.05, 0) is 17.2 Å². The van der Waals surface area contributed by atoms with Crippen molar-refractivity contribution in [2.75, 3.05) is 0 Å². The summed E-state index contributed by atoms with van der Waals surface area (Å²) in [5.74, 6) is -0.263. The summed E-state index contributed by atoms with van der Waals surface area (Å²) in [4.78, 5) is 2.99. The lowest BCUT2D eigenvalue weighted by Crippen LogP contribution is -1.89. The average molecular weight is 170 g/mol. The predicted molar refractivity (Wildman–Crippen MR) is 48.1 cm³/mol. The van der Waals surface area contributed by atoms with Gasteiger partial charge in [0.1, 0.15) is 0 Å². The van der Waals surface area contributed by atoms with E-state index in [-0.39, 0.29) is 11.4 Å². The number of hydrogen-bond donors (Lipinski definition) is 0. The van der Waals surface area contributed by atoms with Crippen LogP contribution in [0.15, 0.2) is 36.4 Å². The van der Waals surface area contributed by atoms with Gasteiger partial charge in [0.25, 0.3) is 0 Å². The van der Waals surface area contributed by atoms with Gasteiger partial charge in [0, 0.05) is 0 Å². The second kappa shape index (κ2) is 2.76. The molecule has 13 heavy (non-hydrogen) atoms. The first-order chi connectivity index (χ1) is 6.33. The van der Waals surface area contributed by atoms with E-state index in [1.807, 2.05) is 12.1 Å². The van der Waals surface area contributed by atoms with Gasteiger partial charge in [0.2, 0.25) is 5.39 Å². The highest BCUT2D eigenvalue weighted by atomic mass is 16.3. The Bertz CT molecular complexity index is 500. The molecule has 62 valence electrons. The normalized spacial score (nSPS) is 9.77. The molecule has 0 unspecified atom stereocenters. The highest BCUT2D eigenvalue weighted by Crippen LogP contribution is 2.32. The third kappa shape index (κ3) is 1.09. The van der Waals surface area contributed by atoms with Crippen LogP contribution in [0.2, 0.25) is 0 Å². The molecular weight excluding hydrogens is 164 g/mol. The van der Waals surface area contributed by atoms with Crippen molar-refractivity contribution in [3.8, 4) is 5.75 Å². The zero-order valence-corrected chi connectivity index (χ0v) is 6.77. The van der Waals surface area contributed by atoms with Crippen LogP contribution in [0.1, 0.15) is 0 Å². The molecule has 0 atom stereocenters. The molecule has 0 aliphatic rings. The van der Waals surface area contributed by atoms with E-state index < -0.39 is 0 Å². The maximum absolute atomic E-state index is 11.2. The van der Waals surface area contributed by atoms with Gasteiger partial charge in [-0.3, -0.25) is 0 Å². The minimum absolute atomic E-state index is 0.109. The van der Waals surface area contributed by atoms with E-state index in [1.54, 1.807) is 18.2 Å². The Kier molecular flexibility index (Phi) is 1.60. The number of rotatable bonds is 0. The molecule has 0 aliphatic carbocycles. The lowest BCUT2D eigenvalue weighted by atomic mass is 10.1. The average Bonchev–Trinajstić information content (AvgIpc) is 2.18. The van der Waals surface area contributed by atoms with Crippen LogP contribution in [-0.4, -0.2) is 0 Å². The second-order valence-electron chi connectivity index (χ2n) is 2.73. The highest BCUT2D eigenvalue weighted by molar-refractivity contribution is 5.96. The molecule has 2 aromatic carbocycles. The Morgan fingerprint density at radius 1 is 1.08 bits per heavy atom.